The molecule has 1 unspecified atom stereocenters. The van der Waals surface area contributed by atoms with E-state index in [1.54, 1.807) is 23.1 Å². The van der Waals surface area contributed by atoms with Gasteiger partial charge in [0.25, 0.3) is 0 Å². The number of aliphatic hydroxyl groups is 1. The number of hydrogen-bond acceptors (Lipinski definition) is 4. The van der Waals surface area contributed by atoms with E-state index in [1.807, 2.05) is 43.4 Å². The van der Waals surface area contributed by atoms with Gasteiger partial charge in [-0.05, 0) is 29.7 Å². The molecule has 0 radical (unpaired) electrons. The summed E-state index contributed by atoms with van der Waals surface area (Å²) in [6.45, 7) is 2.13. The van der Waals surface area contributed by atoms with Crippen LogP contribution < -0.4 is 11.1 Å². The first-order valence-electron chi connectivity index (χ1n) is 9.79. The number of carbonyl (C=O) groups excluding carboxylic acids is 2. The lowest BCUT2D eigenvalue weighted by Crippen LogP contribution is -2.39. The van der Waals surface area contributed by atoms with Gasteiger partial charge in [-0.25, -0.2) is 4.79 Å². The Hall–Kier alpha value is -2.90. The van der Waals surface area contributed by atoms with Crippen LogP contribution in [0.25, 0.3) is 0 Å². The lowest BCUT2D eigenvalue weighted by molar-refractivity contribution is -0.131. The van der Waals surface area contributed by atoms with Crippen molar-refractivity contribution in [3.63, 3.8) is 0 Å². The van der Waals surface area contributed by atoms with Crippen molar-refractivity contribution < 1.29 is 14.7 Å². The summed E-state index contributed by atoms with van der Waals surface area (Å²) in [6, 6.07) is 16.3. The molecule has 0 spiro atoms. The third kappa shape index (κ3) is 5.79. The Kier molecular flexibility index (Phi) is 6.85. The Labute approximate surface area is 171 Å². The number of carbonyl (C=O) groups is 2. The summed E-state index contributed by atoms with van der Waals surface area (Å²) < 4.78 is 0. The minimum Gasteiger partial charge on any atom is -0.392 e. The summed E-state index contributed by atoms with van der Waals surface area (Å²) in [7, 11) is 1.82. The van der Waals surface area contributed by atoms with Crippen molar-refractivity contribution in [3.8, 4) is 0 Å². The van der Waals surface area contributed by atoms with E-state index in [0.29, 0.717) is 18.8 Å². The molecule has 1 heterocycles. The number of β-amino-alcohol motifs (C(OH)–C–C–N with tert-alkyl or cyclic N) is 1. The Balaban J connectivity index is 1.73. The van der Waals surface area contributed by atoms with Crippen LogP contribution >= 0.6 is 0 Å². The Morgan fingerprint density at radius 3 is 2.66 bits per heavy atom. The van der Waals surface area contributed by atoms with Crippen LogP contribution in [0, 0.1) is 0 Å². The van der Waals surface area contributed by atoms with Crippen LogP contribution in [0.3, 0.4) is 0 Å². The molecule has 154 valence electrons. The highest BCUT2D eigenvalue weighted by Crippen LogP contribution is 2.24. The molecule has 0 saturated carbocycles. The monoisotopic (exact) mass is 396 g/mol. The molecule has 1 aliphatic heterocycles. The Morgan fingerprint density at radius 2 is 2.00 bits per heavy atom. The third-order valence-corrected chi connectivity index (χ3v) is 5.27. The fraction of sp³-hybridized carbons (Fsp3) is 0.364. The molecular formula is C22H28N4O3. The summed E-state index contributed by atoms with van der Waals surface area (Å²) in [6.07, 6.45) is 0.683. The molecule has 7 heteroatoms. The van der Waals surface area contributed by atoms with E-state index in [-0.39, 0.29) is 24.5 Å². The molecule has 1 saturated heterocycles. The zero-order chi connectivity index (χ0) is 20.8. The smallest absolute Gasteiger partial charge is 0.316 e. The van der Waals surface area contributed by atoms with Gasteiger partial charge in [0, 0.05) is 32.4 Å². The minimum atomic E-state index is -0.637. The van der Waals surface area contributed by atoms with Crippen molar-refractivity contribution in [3.05, 3.63) is 65.7 Å². The van der Waals surface area contributed by atoms with Gasteiger partial charge >= 0.3 is 6.03 Å². The van der Waals surface area contributed by atoms with E-state index in [4.69, 9.17) is 5.73 Å². The number of benzene rings is 2. The molecule has 29 heavy (non-hydrogen) atoms. The topological polar surface area (TPSA) is 98.9 Å². The van der Waals surface area contributed by atoms with Crippen molar-refractivity contribution in [2.24, 2.45) is 5.73 Å². The number of nitrogens with two attached hydrogens (primary N) is 1. The highest BCUT2D eigenvalue weighted by Gasteiger charge is 2.28. The number of nitrogens with one attached hydrogen (secondary N) is 1. The first-order chi connectivity index (χ1) is 13.9. The quantitative estimate of drug-likeness (QED) is 0.666. The molecule has 3 rings (SSSR count). The Bertz CT molecular complexity index is 843. The second-order valence-electron chi connectivity index (χ2n) is 7.50. The highest BCUT2D eigenvalue weighted by molar-refractivity contribution is 5.88. The van der Waals surface area contributed by atoms with Crippen LogP contribution in [0.15, 0.2) is 54.6 Å². The summed E-state index contributed by atoms with van der Waals surface area (Å²) in [4.78, 5) is 28.1. The minimum absolute atomic E-state index is 0.0187. The van der Waals surface area contributed by atoms with Gasteiger partial charge in [0.15, 0.2) is 0 Å². The summed E-state index contributed by atoms with van der Waals surface area (Å²) in [5.41, 5.74) is 7.60. The van der Waals surface area contributed by atoms with Crippen molar-refractivity contribution in [1.29, 1.82) is 0 Å². The molecule has 1 aliphatic rings. The van der Waals surface area contributed by atoms with Crippen LogP contribution in [0.2, 0.25) is 0 Å². The Morgan fingerprint density at radius 1 is 1.24 bits per heavy atom. The van der Waals surface area contributed by atoms with Crippen LogP contribution in [-0.2, 0) is 11.2 Å². The number of amides is 3. The number of nitrogens with zero attached hydrogens (tertiary/aromatic N) is 2. The molecule has 2 atom stereocenters. The molecule has 7 nitrogen and oxygen atoms in total. The lowest BCUT2D eigenvalue weighted by atomic mass is 10.0. The predicted octanol–water partition coefficient (Wildman–Crippen LogP) is 1.99. The predicted molar refractivity (Wildman–Crippen MR) is 112 cm³/mol. The van der Waals surface area contributed by atoms with E-state index in [1.165, 1.54) is 0 Å². The summed E-state index contributed by atoms with van der Waals surface area (Å²) >= 11 is 0. The average Bonchev–Trinajstić information content (AvgIpc) is 3.11. The maximum atomic E-state index is 13.0. The van der Waals surface area contributed by atoms with Gasteiger partial charge in [0.1, 0.15) is 0 Å². The molecule has 0 aliphatic carbocycles. The van der Waals surface area contributed by atoms with Crippen LogP contribution in [-0.4, -0.2) is 59.6 Å². The van der Waals surface area contributed by atoms with Crippen LogP contribution in [0.4, 0.5) is 10.5 Å². The second kappa shape index (κ2) is 9.54. The lowest BCUT2D eigenvalue weighted by Gasteiger charge is -2.32. The average molecular weight is 396 g/mol. The summed E-state index contributed by atoms with van der Waals surface area (Å²) in [5, 5.41) is 12.4. The number of likely N-dealkylation sites (tertiary alicyclic amines) is 1. The van der Waals surface area contributed by atoms with Crippen molar-refractivity contribution >= 4 is 17.6 Å². The molecule has 2 aromatic carbocycles. The molecule has 4 N–H and O–H groups in total. The zero-order valence-electron chi connectivity index (χ0n) is 16.6. The number of likely N-dealkylation sites (N-methyl/N-ethyl adjacent to an activating group) is 1. The highest BCUT2D eigenvalue weighted by atomic mass is 16.3. The van der Waals surface area contributed by atoms with Crippen LogP contribution in [0.5, 0.6) is 0 Å². The van der Waals surface area contributed by atoms with Crippen molar-refractivity contribution in [2.75, 3.05) is 32.0 Å². The van der Waals surface area contributed by atoms with Gasteiger partial charge in [0.05, 0.1) is 18.6 Å². The molecule has 1 fully saturated rings. The van der Waals surface area contributed by atoms with Gasteiger partial charge in [0.2, 0.25) is 5.91 Å². The summed E-state index contributed by atoms with van der Waals surface area (Å²) in [5.74, 6) is -0.0187. The van der Waals surface area contributed by atoms with E-state index in [9.17, 15) is 14.7 Å². The van der Waals surface area contributed by atoms with Crippen molar-refractivity contribution in [2.45, 2.75) is 25.0 Å². The fourth-order valence-electron chi connectivity index (χ4n) is 3.72. The molecule has 0 aromatic heterocycles. The number of urea groups is 1. The van der Waals surface area contributed by atoms with Crippen molar-refractivity contribution in [1.82, 2.24) is 9.80 Å². The van der Waals surface area contributed by atoms with E-state index in [0.717, 1.165) is 24.1 Å². The van der Waals surface area contributed by atoms with Crippen LogP contribution in [0.1, 0.15) is 23.6 Å². The maximum absolute atomic E-state index is 13.0. The number of rotatable bonds is 7. The fourth-order valence-corrected chi connectivity index (χ4v) is 3.72. The maximum Gasteiger partial charge on any atom is 0.316 e. The first-order valence-corrected chi connectivity index (χ1v) is 9.79. The third-order valence-electron chi connectivity index (χ3n) is 5.27. The largest absolute Gasteiger partial charge is 0.392 e. The SMILES string of the molecule is CN(C(=O)Cc1cccc(NC(N)=O)c1)[C@H](CN1CCC(O)C1)c1ccccc1. The second-order valence-corrected chi connectivity index (χ2v) is 7.50. The van der Waals surface area contributed by atoms with E-state index < -0.39 is 6.03 Å². The van der Waals surface area contributed by atoms with Gasteiger partial charge in [-0.1, -0.05) is 42.5 Å². The normalized spacial score (nSPS) is 17.7. The molecule has 0 bridgehead atoms. The standard InChI is InChI=1S/C22H28N4O3/c1-25(21(28)13-16-6-5-9-18(12-16)24-22(23)29)20(17-7-3-2-4-8-17)15-26-11-10-19(27)14-26/h2-9,12,19-20,27H,10-11,13-15H2,1H3,(H3,23,24,29)/t19?,20-/m1/s1. The first kappa shape index (κ1) is 20.8. The van der Waals surface area contributed by atoms with Gasteiger partial charge in [-0.3, -0.25) is 9.69 Å². The van der Waals surface area contributed by atoms with E-state index in [2.05, 4.69) is 10.2 Å². The number of hydrogen-bond donors (Lipinski definition) is 3. The van der Waals surface area contributed by atoms with Gasteiger partial charge in [-0.2, -0.15) is 0 Å². The molecule has 2 aromatic rings. The van der Waals surface area contributed by atoms with Gasteiger partial charge < -0.3 is 21.1 Å². The number of aliphatic hydroxyl groups excluding tert-OH is 1. The van der Waals surface area contributed by atoms with Gasteiger partial charge in [-0.15, -0.1) is 0 Å². The zero-order valence-corrected chi connectivity index (χ0v) is 16.6. The number of anilines is 1. The van der Waals surface area contributed by atoms with E-state index >= 15 is 0 Å². The number of primary amides is 1. The molecular weight excluding hydrogens is 368 g/mol. The molecule has 3 amide bonds.